The van der Waals surface area contributed by atoms with Crippen LogP contribution >= 0.6 is 0 Å². The van der Waals surface area contributed by atoms with Crippen molar-refractivity contribution >= 4 is 0 Å². The van der Waals surface area contributed by atoms with E-state index in [1.807, 2.05) is 0 Å². The fraction of sp³-hybridized carbons (Fsp3) is 1.00. The average Bonchev–Trinajstić information content (AvgIpc) is 2.00. The van der Waals surface area contributed by atoms with E-state index in [4.69, 9.17) is 0 Å². The lowest BCUT2D eigenvalue weighted by Crippen LogP contribution is -2.33. The first-order chi connectivity index (χ1) is 6.02. The van der Waals surface area contributed by atoms with Crippen LogP contribution in [0.25, 0.3) is 0 Å². The lowest BCUT2D eigenvalue weighted by Gasteiger charge is -2.16. The van der Waals surface area contributed by atoms with E-state index in [9.17, 15) is 0 Å². The molecule has 0 amide bonds. The monoisotopic (exact) mass is 186 g/mol. The second-order valence-electron chi connectivity index (χ2n) is 4.63. The third kappa shape index (κ3) is 9.84. The molecule has 0 saturated heterocycles. The van der Waals surface area contributed by atoms with Gasteiger partial charge >= 0.3 is 0 Å². The summed E-state index contributed by atoms with van der Waals surface area (Å²) in [5.74, 6) is 0.832. The number of likely N-dealkylation sites (N-methyl/N-ethyl adjacent to an activating group) is 1. The van der Waals surface area contributed by atoms with Gasteiger partial charge in [-0.05, 0) is 39.8 Å². The number of rotatable bonds is 7. The molecular weight excluding hydrogens is 160 g/mol. The maximum atomic E-state index is 3.53. The van der Waals surface area contributed by atoms with Crippen LogP contribution in [0.3, 0.4) is 0 Å². The van der Waals surface area contributed by atoms with Gasteiger partial charge in [0.1, 0.15) is 0 Å². The normalized spacial score (nSPS) is 14.1. The van der Waals surface area contributed by atoms with E-state index in [1.54, 1.807) is 0 Å². The summed E-state index contributed by atoms with van der Waals surface area (Å²) >= 11 is 0. The van der Waals surface area contributed by atoms with E-state index < -0.39 is 0 Å². The highest BCUT2D eigenvalue weighted by atomic mass is 15.1. The molecular formula is C11H26N2. The summed E-state index contributed by atoms with van der Waals surface area (Å²) < 4.78 is 0. The molecule has 0 spiro atoms. The van der Waals surface area contributed by atoms with Crippen LogP contribution in [-0.4, -0.2) is 38.1 Å². The molecule has 0 aliphatic rings. The molecule has 1 unspecified atom stereocenters. The summed E-state index contributed by atoms with van der Waals surface area (Å²) in [4.78, 5) is 2.21. The minimum atomic E-state index is 0.669. The van der Waals surface area contributed by atoms with Gasteiger partial charge in [-0.3, -0.25) is 0 Å². The van der Waals surface area contributed by atoms with Gasteiger partial charge in [0, 0.05) is 19.1 Å². The van der Waals surface area contributed by atoms with Gasteiger partial charge in [0.15, 0.2) is 0 Å². The van der Waals surface area contributed by atoms with Gasteiger partial charge in [0.05, 0.1) is 0 Å². The zero-order chi connectivity index (χ0) is 10.3. The minimum absolute atomic E-state index is 0.669. The average molecular weight is 186 g/mol. The predicted molar refractivity (Wildman–Crippen MR) is 60.1 cm³/mol. The quantitative estimate of drug-likeness (QED) is 0.654. The molecule has 0 radical (unpaired) electrons. The molecule has 0 aromatic heterocycles. The Labute approximate surface area is 83.7 Å². The van der Waals surface area contributed by atoms with Crippen molar-refractivity contribution in [1.82, 2.24) is 10.2 Å². The van der Waals surface area contributed by atoms with E-state index in [1.165, 1.54) is 12.8 Å². The van der Waals surface area contributed by atoms with Gasteiger partial charge in [-0.1, -0.05) is 13.8 Å². The van der Waals surface area contributed by atoms with Gasteiger partial charge in [0.2, 0.25) is 0 Å². The van der Waals surface area contributed by atoms with Crippen LogP contribution in [0, 0.1) is 5.92 Å². The van der Waals surface area contributed by atoms with Crippen molar-refractivity contribution in [2.75, 3.05) is 27.2 Å². The summed E-state index contributed by atoms with van der Waals surface area (Å²) in [6, 6.07) is 0.669. The predicted octanol–water partition coefficient (Wildman–Crippen LogP) is 1.96. The molecule has 0 fully saturated rings. The minimum Gasteiger partial charge on any atom is -0.313 e. The molecule has 1 N–H and O–H groups in total. The molecule has 2 nitrogen and oxygen atoms in total. The second kappa shape index (κ2) is 7.34. The van der Waals surface area contributed by atoms with Crippen molar-refractivity contribution in [3.05, 3.63) is 0 Å². The van der Waals surface area contributed by atoms with Crippen molar-refractivity contribution in [2.45, 2.75) is 39.7 Å². The van der Waals surface area contributed by atoms with Crippen LogP contribution in [0.2, 0.25) is 0 Å². The van der Waals surface area contributed by atoms with Crippen molar-refractivity contribution in [3.63, 3.8) is 0 Å². The lowest BCUT2D eigenvalue weighted by molar-refractivity contribution is 0.375. The summed E-state index contributed by atoms with van der Waals surface area (Å²) in [6.07, 6.45) is 2.63. The molecule has 13 heavy (non-hydrogen) atoms. The second-order valence-corrected chi connectivity index (χ2v) is 4.63. The largest absolute Gasteiger partial charge is 0.313 e. The Bertz CT molecular complexity index is 111. The molecule has 0 aromatic rings. The topological polar surface area (TPSA) is 15.3 Å². The summed E-state index contributed by atoms with van der Waals surface area (Å²) in [6.45, 7) is 9.08. The van der Waals surface area contributed by atoms with Crippen LogP contribution in [-0.2, 0) is 0 Å². The zero-order valence-corrected chi connectivity index (χ0v) is 9.93. The molecule has 2 heteroatoms. The van der Waals surface area contributed by atoms with Crippen LogP contribution in [0.1, 0.15) is 33.6 Å². The van der Waals surface area contributed by atoms with Gasteiger partial charge in [-0.25, -0.2) is 0 Å². The molecule has 0 rings (SSSR count). The first kappa shape index (κ1) is 12.9. The fourth-order valence-electron chi connectivity index (χ4n) is 1.22. The van der Waals surface area contributed by atoms with Crippen LogP contribution < -0.4 is 5.32 Å². The molecule has 0 heterocycles. The molecule has 0 bridgehead atoms. The van der Waals surface area contributed by atoms with Gasteiger partial charge in [0.25, 0.3) is 0 Å². The number of hydrogen-bond donors (Lipinski definition) is 1. The third-order valence-corrected chi connectivity index (χ3v) is 2.23. The van der Waals surface area contributed by atoms with E-state index in [-0.39, 0.29) is 0 Å². The van der Waals surface area contributed by atoms with Gasteiger partial charge in [-0.15, -0.1) is 0 Å². The van der Waals surface area contributed by atoms with E-state index >= 15 is 0 Å². The molecule has 0 saturated carbocycles. The third-order valence-electron chi connectivity index (χ3n) is 2.23. The Morgan fingerprint density at radius 1 is 1.08 bits per heavy atom. The standard InChI is InChI=1S/C11H26N2/c1-10(2)6-7-11(3)12-8-9-13(4)5/h10-12H,6-9H2,1-5H3. The summed E-state index contributed by atoms with van der Waals surface area (Å²) in [7, 11) is 4.22. The smallest absolute Gasteiger partial charge is 0.0101 e. The van der Waals surface area contributed by atoms with Crippen molar-refractivity contribution in [3.8, 4) is 0 Å². The van der Waals surface area contributed by atoms with Gasteiger partial charge in [-0.2, -0.15) is 0 Å². The maximum Gasteiger partial charge on any atom is 0.0101 e. The van der Waals surface area contributed by atoms with Crippen LogP contribution in [0.4, 0.5) is 0 Å². The molecule has 0 aromatic carbocycles. The van der Waals surface area contributed by atoms with Gasteiger partial charge < -0.3 is 10.2 Å². The first-order valence-electron chi connectivity index (χ1n) is 5.40. The highest BCUT2D eigenvalue weighted by Gasteiger charge is 2.02. The number of nitrogens with zero attached hydrogens (tertiary/aromatic N) is 1. The maximum absolute atomic E-state index is 3.53. The van der Waals surface area contributed by atoms with Crippen molar-refractivity contribution in [2.24, 2.45) is 5.92 Å². The van der Waals surface area contributed by atoms with Crippen LogP contribution in [0.15, 0.2) is 0 Å². The Morgan fingerprint density at radius 3 is 2.15 bits per heavy atom. The van der Waals surface area contributed by atoms with E-state index in [0.29, 0.717) is 6.04 Å². The highest BCUT2D eigenvalue weighted by molar-refractivity contribution is 4.62. The summed E-state index contributed by atoms with van der Waals surface area (Å²) in [5, 5.41) is 3.53. The Hall–Kier alpha value is -0.0800. The summed E-state index contributed by atoms with van der Waals surface area (Å²) in [5.41, 5.74) is 0. The van der Waals surface area contributed by atoms with Crippen LogP contribution in [0.5, 0.6) is 0 Å². The number of hydrogen-bond acceptors (Lipinski definition) is 2. The molecule has 0 aliphatic heterocycles. The van der Waals surface area contributed by atoms with E-state index in [0.717, 1.165) is 19.0 Å². The fourth-order valence-corrected chi connectivity index (χ4v) is 1.22. The van der Waals surface area contributed by atoms with E-state index in [2.05, 4.69) is 45.1 Å². The van der Waals surface area contributed by atoms with Crippen molar-refractivity contribution < 1.29 is 0 Å². The Morgan fingerprint density at radius 2 is 1.69 bits per heavy atom. The van der Waals surface area contributed by atoms with Crippen molar-refractivity contribution in [1.29, 1.82) is 0 Å². The lowest BCUT2D eigenvalue weighted by atomic mass is 10.0. The Balaban J connectivity index is 3.25. The first-order valence-corrected chi connectivity index (χ1v) is 5.40. The molecule has 0 aliphatic carbocycles. The highest BCUT2D eigenvalue weighted by Crippen LogP contribution is 2.05. The Kier molecular flexibility index (Phi) is 7.29. The zero-order valence-electron chi connectivity index (χ0n) is 9.93. The molecule has 1 atom stereocenters. The molecule has 80 valence electrons. The SMILES string of the molecule is CC(C)CCC(C)NCCN(C)C. The number of nitrogens with one attached hydrogen (secondary N) is 1.